The van der Waals surface area contributed by atoms with E-state index in [1.165, 1.54) is 4.31 Å². The number of nitrogens with one attached hydrogen (secondary N) is 1. The summed E-state index contributed by atoms with van der Waals surface area (Å²) < 4.78 is 28.7. The molecule has 0 aliphatic carbocycles. The lowest BCUT2D eigenvalue weighted by atomic mass is 9.97. The van der Waals surface area contributed by atoms with Crippen molar-refractivity contribution in [3.05, 3.63) is 35.4 Å². The average Bonchev–Trinajstić information content (AvgIpc) is 2.53. The van der Waals surface area contributed by atoms with Gasteiger partial charge in [-0.05, 0) is 24.0 Å². The second kappa shape index (κ2) is 7.87. The fourth-order valence-electron chi connectivity index (χ4n) is 2.63. The molecule has 2 rings (SSSR count). The minimum absolute atomic E-state index is 0.0416. The molecule has 0 unspecified atom stereocenters. The molecular formula is C15H23N3O4S. The average molecular weight is 341 g/mol. The van der Waals surface area contributed by atoms with E-state index >= 15 is 0 Å². The Bertz CT molecular complexity index is 623. The molecule has 7 nitrogen and oxygen atoms in total. The van der Waals surface area contributed by atoms with Crippen LogP contribution in [0.1, 0.15) is 24.0 Å². The zero-order chi connectivity index (χ0) is 16.9. The van der Waals surface area contributed by atoms with Crippen LogP contribution in [0.4, 0.5) is 0 Å². The molecule has 128 valence electrons. The van der Waals surface area contributed by atoms with Gasteiger partial charge in [-0.3, -0.25) is 4.79 Å². The van der Waals surface area contributed by atoms with Crippen LogP contribution in [0.5, 0.6) is 0 Å². The van der Waals surface area contributed by atoms with Gasteiger partial charge in [0, 0.05) is 32.7 Å². The van der Waals surface area contributed by atoms with Crippen molar-refractivity contribution in [3.8, 4) is 0 Å². The number of amides is 1. The Labute approximate surface area is 137 Å². The molecule has 1 fully saturated rings. The zero-order valence-corrected chi connectivity index (χ0v) is 14.0. The van der Waals surface area contributed by atoms with Crippen LogP contribution in [0.3, 0.4) is 0 Å². The summed E-state index contributed by atoms with van der Waals surface area (Å²) in [5.74, 6) is -0.208. The number of carbonyl (C=O) groups excluding carboxylic acids is 1. The van der Waals surface area contributed by atoms with Gasteiger partial charge in [0.15, 0.2) is 0 Å². The number of hydrogen-bond donors (Lipinski definition) is 2. The molecule has 0 radical (unpaired) electrons. The number of methoxy groups -OCH3 is 1. The monoisotopic (exact) mass is 341 g/mol. The van der Waals surface area contributed by atoms with E-state index in [-0.39, 0.29) is 11.8 Å². The van der Waals surface area contributed by atoms with Crippen LogP contribution < -0.4 is 10.5 Å². The molecule has 3 N–H and O–H groups in total. The molecule has 1 aromatic carbocycles. The van der Waals surface area contributed by atoms with Gasteiger partial charge in [0.2, 0.25) is 5.91 Å². The van der Waals surface area contributed by atoms with Crippen molar-refractivity contribution in [1.82, 2.24) is 9.62 Å². The maximum absolute atomic E-state index is 12.2. The lowest BCUT2D eigenvalue weighted by Gasteiger charge is -2.29. The summed E-state index contributed by atoms with van der Waals surface area (Å²) in [7, 11) is -2.00. The summed E-state index contributed by atoms with van der Waals surface area (Å²) in [5, 5.41) is 7.99. The Morgan fingerprint density at radius 2 is 1.83 bits per heavy atom. The molecule has 0 saturated carbocycles. The fourth-order valence-corrected chi connectivity index (χ4v) is 3.35. The molecule has 0 aromatic heterocycles. The van der Waals surface area contributed by atoms with Crippen LogP contribution in [0.2, 0.25) is 0 Å². The van der Waals surface area contributed by atoms with Crippen molar-refractivity contribution in [2.75, 3.05) is 20.2 Å². The summed E-state index contributed by atoms with van der Waals surface area (Å²) >= 11 is 0. The van der Waals surface area contributed by atoms with Gasteiger partial charge in [-0.15, -0.1) is 0 Å². The van der Waals surface area contributed by atoms with Crippen LogP contribution in [0.15, 0.2) is 24.3 Å². The van der Waals surface area contributed by atoms with Crippen molar-refractivity contribution in [1.29, 1.82) is 0 Å². The molecule has 1 aromatic rings. The predicted octanol–water partition coefficient (Wildman–Crippen LogP) is 0.365. The predicted molar refractivity (Wildman–Crippen MR) is 86.4 cm³/mol. The Morgan fingerprint density at radius 3 is 2.35 bits per heavy atom. The van der Waals surface area contributed by atoms with E-state index in [2.05, 4.69) is 5.32 Å². The molecule has 1 aliphatic heterocycles. The second-order valence-electron chi connectivity index (χ2n) is 5.69. The Hall–Kier alpha value is -1.48. The molecule has 23 heavy (non-hydrogen) atoms. The van der Waals surface area contributed by atoms with E-state index in [0.717, 1.165) is 11.1 Å². The van der Waals surface area contributed by atoms with Crippen LogP contribution in [0, 0.1) is 5.92 Å². The smallest absolute Gasteiger partial charge is 0.276 e. The maximum atomic E-state index is 12.2. The third kappa shape index (κ3) is 5.28. The largest absolute Gasteiger partial charge is 0.380 e. The molecule has 0 atom stereocenters. The van der Waals surface area contributed by atoms with E-state index in [1.807, 2.05) is 24.3 Å². The van der Waals surface area contributed by atoms with Crippen LogP contribution >= 0.6 is 0 Å². The van der Waals surface area contributed by atoms with E-state index < -0.39 is 10.2 Å². The minimum atomic E-state index is -3.65. The number of carbonyl (C=O) groups is 1. The van der Waals surface area contributed by atoms with Gasteiger partial charge in [-0.25, -0.2) is 5.14 Å². The van der Waals surface area contributed by atoms with Crippen molar-refractivity contribution >= 4 is 16.1 Å². The van der Waals surface area contributed by atoms with Gasteiger partial charge in [0.1, 0.15) is 0 Å². The van der Waals surface area contributed by atoms with E-state index in [9.17, 15) is 13.2 Å². The fraction of sp³-hybridized carbons (Fsp3) is 0.533. The first-order valence-corrected chi connectivity index (χ1v) is 9.03. The minimum Gasteiger partial charge on any atom is -0.380 e. The molecule has 1 aliphatic rings. The van der Waals surface area contributed by atoms with Crippen LogP contribution in [-0.4, -0.2) is 38.8 Å². The highest BCUT2D eigenvalue weighted by Gasteiger charge is 2.29. The third-order valence-corrected chi connectivity index (χ3v) is 5.07. The summed E-state index contributed by atoms with van der Waals surface area (Å²) in [6.45, 7) is 1.61. The molecule has 8 heteroatoms. The summed E-state index contributed by atoms with van der Waals surface area (Å²) in [6.07, 6.45) is 0.990. The van der Waals surface area contributed by atoms with Crippen LogP contribution in [0.25, 0.3) is 0 Å². The van der Waals surface area contributed by atoms with Gasteiger partial charge >= 0.3 is 0 Å². The lowest BCUT2D eigenvalue weighted by molar-refractivity contribution is -0.126. The highest BCUT2D eigenvalue weighted by molar-refractivity contribution is 7.86. The topological polar surface area (TPSA) is 102 Å². The van der Waals surface area contributed by atoms with E-state index in [4.69, 9.17) is 9.88 Å². The van der Waals surface area contributed by atoms with E-state index in [1.54, 1.807) is 7.11 Å². The Morgan fingerprint density at radius 1 is 1.26 bits per heavy atom. The maximum Gasteiger partial charge on any atom is 0.276 e. The van der Waals surface area contributed by atoms with Gasteiger partial charge < -0.3 is 10.1 Å². The number of nitrogens with zero attached hydrogens (tertiary/aromatic N) is 1. The van der Waals surface area contributed by atoms with Gasteiger partial charge in [-0.2, -0.15) is 12.7 Å². The molecular weight excluding hydrogens is 318 g/mol. The highest BCUT2D eigenvalue weighted by atomic mass is 32.2. The first kappa shape index (κ1) is 17.9. The highest BCUT2D eigenvalue weighted by Crippen LogP contribution is 2.18. The van der Waals surface area contributed by atoms with Gasteiger partial charge in [0.05, 0.1) is 6.61 Å². The quantitative estimate of drug-likeness (QED) is 0.780. The Kier molecular flexibility index (Phi) is 6.11. The number of benzene rings is 1. The molecule has 1 heterocycles. The Balaban J connectivity index is 1.79. The molecule has 0 spiro atoms. The number of nitrogens with two attached hydrogens (primary N) is 1. The van der Waals surface area contributed by atoms with Crippen molar-refractivity contribution < 1.29 is 17.9 Å². The third-order valence-electron chi connectivity index (χ3n) is 3.99. The first-order chi connectivity index (χ1) is 10.9. The van der Waals surface area contributed by atoms with Crippen molar-refractivity contribution in [2.45, 2.75) is 26.0 Å². The summed E-state index contributed by atoms with van der Waals surface area (Å²) in [5.41, 5.74) is 2.10. The molecule has 1 saturated heterocycles. The number of hydrogen-bond acceptors (Lipinski definition) is 4. The molecule has 0 bridgehead atoms. The standard InChI is InChI=1S/C15H23N3O4S/c1-22-11-13-4-2-12(3-5-13)10-17-15(19)14-6-8-18(9-7-14)23(16,20)21/h2-5,14H,6-11H2,1H3,(H,17,19)(H2,16,20,21). The van der Waals surface area contributed by atoms with Crippen LogP contribution in [-0.2, 0) is 32.9 Å². The summed E-state index contributed by atoms with van der Waals surface area (Å²) in [4.78, 5) is 12.2. The SMILES string of the molecule is COCc1ccc(CNC(=O)C2CCN(S(N)(=O)=O)CC2)cc1. The number of piperidine rings is 1. The first-order valence-electron chi connectivity index (χ1n) is 7.52. The molecule has 1 amide bonds. The normalized spacial score (nSPS) is 17.1. The van der Waals surface area contributed by atoms with Crippen molar-refractivity contribution in [3.63, 3.8) is 0 Å². The van der Waals surface area contributed by atoms with E-state index in [0.29, 0.717) is 39.1 Å². The summed E-state index contributed by atoms with van der Waals surface area (Å²) in [6, 6.07) is 7.85. The van der Waals surface area contributed by atoms with Gasteiger partial charge in [-0.1, -0.05) is 24.3 Å². The second-order valence-corrected chi connectivity index (χ2v) is 7.23. The zero-order valence-electron chi connectivity index (χ0n) is 13.2. The van der Waals surface area contributed by atoms with Crippen molar-refractivity contribution in [2.24, 2.45) is 11.1 Å². The lowest BCUT2D eigenvalue weighted by Crippen LogP contribution is -2.45. The number of rotatable bonds is 6. The van der Waals surface area contributed by atoms with Gasteiger partial charge in [0.25, 0.3) is 10.2 Å². The number of ether oxygens (including phenoxy) is 1.